The molecule has 8 nitrogen and oxygen atoms in total. The SMILES string of the molecule is Cc1ccc(S(=O)(=O)N2CCCN(C(=O)C3CCCN(c4cnccn4)C3)CC2)cc1. The smallest absolute Gasteiger partial charge is 0.243 e. The van der Waals surface area contributed by atoms with Crippen LogP contribution >= 0.6 is 0 Å². The van der Waals surface area contributed by atoms with Crippen molar-refractivity contribution in [2.24, 2.45) is 5.92 Å². The first-order valence-corrected chi connectivity index (χ1v) is 12.3. The zero-order valence-electron chi connectivity index (χ0n) is 17.9. The number of hydrogen-bond acceptors (Lipinski definition) is 6. The molecule has 9 heteroatoms. The third-order valence-corrected chi connectivity index (χ3v) is 7.98. The minimum absolute atomic E-state index is 0.101. The van der Waals surface area contributed by atoms with Crippen molar-refractivity contribution >= 4 is 21.7 Å². The van der Waals surface area contributed by atoms with Crippen LogP contribution in [0.25, 0.3) is 0 Å². The number of aryl methyl sites for hydroxylation is 1. The van der Waals surface area contributed by atoms with Gasteiger partial charge >= 0.3 is 0 Å². The number of hydrogen-bond donors (Lipinski definition) is 0. The summed E-state index contributed by atoms with van der Waals surface area (Å²) in [6.07, 6.45) is 7.44. The lowest BCUT2D eigenvalue weighted by Gasteiger charge is -2.35. The highest BCUT2D eigenvalue weighted by molar-refractivity contribution is 7.89. The van der Waals surface area contributed by atoms with Gasteiger partial charge < -0.3 is 9.80 Å². The Morgan fingerprint density at radius 2 is 1.81 bits per heavy atom. The Hall–Kier alpha value is -2.52. The number of piperidine rings is 1. The molecule has 2 saturated heterocycles. The third-order valence-electron chi connectivity index (χ3n) is 6.07. The number of carbonyl (C=O) groups is 1. The van der Waals surface area contributed by atoms with Crippen LogP contribution < -0.4 is 4.90 Å². The van der Waals surface area contributed by atoms with Gasteiger partial charge in [-0.1, -0.05) is 17.7 Å². The number of carbonyl (C=O) groups excluding carboxylic acids is 1. The molecule has 2 aromatic rings. The molecule has 0 bridgehead atoms. The van der Waals surface area contributed by atoms with Crippen LogP contribution in [0.5, 0.6) is 0 Å². The minimum atomic E-state index is -3.55. The summed E-state index contributed by atoms with van der Waals surface area (Å²) in [7, 11) is -3.55. The number of sulfonamides is 1. The lowest BCUT2D eigenvalue weighted by molar-refractivity contribution is -0.135. The van der Waals surface area contributed by atoms with E-state index in [1.807, 2.05) is 24.0 Å². The highest BCUT2D eigenvalue weighted by Gasteiger charge is 2.33. The molecule has 0 radical (unpaired) electrons. The molecule has 0 aliphatic carbocycles. The summed E-state index contributed by atoms with van der Waals surface area (Å²) < 4.78 is 27.6. The van der Waals surface area contributed by atoms with E-state index in [2.05, 4.69) is 14.9 Å². The maximum absolute atomic E-state index is 13.2. The van der Waals surface area contributed by atoms with E-state index in [0.717, 1.165) is 30.8 Å². The van der Waals surface area contributed by atoms with E-state index >= 15 is 0 Å². The van der Waals surface area contributed by atoms with Crippen molar-refractivity contribution in [3.8, 4) is 0 Å². The zero-order valence-corrected chi connectivity index (χ0v) is 18.7. The van der Waals surface area contributed by atoms with Crippen molar-refractivity contribution in [1.29, 1.82) is 0 Å². The van der Waals surface area contributed by atoms with Crippen LogP contribution in [0.1, 0.15) is 24.8 Å². The number of amides is 1. The van der Waals surface area contributed by atoms with E-state index in [1.54, 1.807) is 30.7 Å². The number of nitrogens with zero attached hydrogens (tertiary/aromatic N) is 5. The van der Waals surface area contributed by atoms with Crippen LogP contribution in [0.4, 0.5) is 5.82 Å². The summed E-state index contributed by atoms with van der Waals surface area (Å²) >= 11 is 0. The second-order valence-electron chi connectivity index (χ2n) is 8.24. The quantitative estimate of drug-likeness (QED) is 0.718. The molecule has 2 aliphatic heterocycles. The predicted molar refractivity (Wildman–Crippen MR) is 118 cm³/mol. The van der Waals surface area contributed by atoms with Crippen molar-refractivity contribution < 1.29 is 13.2 Å². The van der Waals surface area contributed by atoms with Gasteiger partial charge in [0, 0.05) is 51.7 Å². The standard InChI is InChI=1S/C22H29N5O3S/c1-18-5-7-20(8-6-18)31(29,30)27-13-3-12-25(14-15-27)22(28)19-4-2-11-26(17-19)21-16-23-9-10-24-21/h5-10,16,19H,2-4,11-15,17H2,1H3. The van der Waals surface area contributed by atoms with Crippen molar-refractivity contribution in [3.05, 3.63) is 48.4 Å². The number of aromatic nitrogens is 2. The normalized spacial score (nSPS) is 21.0. The summed E-state index contributed by atoms with van der Waals surface area (Å²) in [5.41, 5.74) is 1.02. The largest absolute Gasteiger partial charge is 0.355 e. The Morgan fingerprint density at radius 3 is 2.55 bits per heavy atom. The number of rotatable bonds is 4. The molecule has 4 rings (SSSR count). The van der Waals surface area contributed by atoms with Crippen LogP contribution in [0.2, 0.25) is 0 Å². The predicted octanol–water partition coefficient (Wildman–Crippen LogP) is 1.92. The summed E-state index contributed by atoms with van der Waals surface area (Å²) in [5, 5.41) is 0. The molecule has 166 valence electrons. The van der Waals surface area contributed by atoms with Crippen LogP contribution in [0.3, 0.4) is 0 Å². The van der Waals surface area contributed by atoms with Gasteiger partial charge in [0.2, 0.25) is 15.9 Å². The van der Waals surface area contributed by atoms with E-state index < -0.39 is 10.0 Å². The van der Waals surface area contributed by atoms with Gasteiger partial charge in [-0.05, 0) is 38.3 Å². The lowest BCUT2D eigenvalue weighted by atomic mass is 9.96. The first kappa shape index (κ1) is 21.7. The molecular formula is C22H29N5O3S. The van der Waals surface area contributed by atoms with Crippen molar-refractivity contribution in [2.45, 2.75) is 31.1 Å². The Balaban J connectivity index is 1.40. The molecule has 0 spiro atoms. The van der Waals surface area contributed by atoms with Crippen molar-refractivity contribution in [3.63, 3.8) is 0 Å². The molecule has 31 heavy (non-hydrogen) atoms. The highest BCUT2D eigenvalue weighted by Crippen LogP contribution is 2.24. The van der Waals surface area contributed by atoms with Crippen LogP contribution in [-0.2, 0) is 14.8 Å². The Bertz CT molecular complexity index is 998. The van der Waals surface area contributed by atoms with Gasteiger partial charge in [0.25, 0.3) is 0 Å². The third kappa shape index (κ3) is 4.88. The molecule has 1 unspecified atom stereocenters. The van der Waals surface area contributed by atoms with E-state index in [0.29, 0.717) is 44.0 Å². The molecule has 3 heterocycles. The molecule has 0 N–H and O–H groups in total. The molecule has 1 aromatic carbocycles. The van der Waals surface area contributed by atoms with Gasteiger partial charge in [0.15, 0.2) is 0 Å². The van der Waals surface area contributed by atoms with Crippen molar-refractivity contribution in [2.75, 3.05) is 44.2 Å². The Morgan fingerprint density at radius 1 is 1.00 bits per heavy atom. The molecule has 2 aliphatic rings. The van der Waals surface area contributed by atoms with Gasteiger partial charge in [0.1, 0.15) is 5.82 Å². The summed E-state index contributed by atoms with van der Waals surface area (Å²) in [6, 6.07) is 6.93. The van der Waals surface area contributed by atoms with E-state index in [1.165, 1.54) is 4.31 Å². The van der Waals surface area contributed by atoms with Gasteiger partial charge in [0.05, 0.1) is 17.0 Å². The molecule has 1 aromatic heterocycles. The van der Waals surface area contributed by atoms with Gasteiger partial charge in [-0.3, -0.25) is 9.78 Å². The molecule has 1 atom stereocenters. The van der Waals surface area contributed by atoms with Gasteiger partial charge in [-0.2, -0.15) is 4.31 Å². The fraction of sp³-hybridized carbons (Fsp3) is 0.500. The molecule has 0 saturated carbocycles. The van der Waals surface area contributed by atoms with E-state index in [9.17, 15) is 13.2 Å². The topological polar surface area (TPSA) is 86.7 Å². The summed E-state index contributed by atoms with van der Waals surface area (Å²) in [5.74, 6) is 0.811. The van der Waals surface area contributed by atoms with Crippen LogP contribution in [0.15, 0.2) is 47.8 Å². The summed E-state index contributed by atoms with van der Waals surface area (Å²) in [6.45, 7) is 5.18. The lowest BCUT2D eigenvalue weighted by Crippen LogP contribution is -2.46. The number of benzene rings is 1. The second-order valence-corrected chi connectivity index (χ2v) is 10.2. The van der Waals surface area contributed by atoms with Gasteiger partial charge in [-0.25, -0.2) is 13.4 Å². The fourth-order valence-electron chi connectivity index (χ4n) is 4.31. The second kappa shape index (κ2) is 9.32. The van der Waals surface area contributed by atoms with E-state index in [4.69, 9.17) is 0 Å². The minimum Gasteiger partial charge on any atom is -0.355 e. The maximum atomic E-state index is 13.2. The average Bonchev–Trinajstić information content (AvgIpc) is 3.06. The zero-order chi connectivity index (χ0) is 21.8. The molecular weight excluding hydrogens is 414 g/mol. The average molecular weight is 444 g/mol. The monoisotopic (exact) mass is 443 g/mol. The first-order chi connectivity index (χ1) is 14.9. The van der Waals surface area contributed by atoms with Crippen LogP contribution in [-0.4, -0.2) is 72.8 Å². The molecule has 1 amide bonds. The number of anilines is 1. The van der Waals surface area contributed by atoms with E-state index in [-0.39, 0.29) is 11.8 Å². The fourth-order valence-corrected chi connectivity index (χ4v) is 5.78. The Labute approximate surface area is 183 Å². The maximum Gasteiger partial charge on any atom is 0.243 e. The molecule has 2 fully saturated rings. The first-order valence-electron chi connectivity index (χ1n) is 10.8. The Kier molecular flexibility index (Phi) is 6.52. The van der Waals surface area contributed by atoms with Crippen LogP contribution in [0, 0.1) is 12.8 Å². The summed E-state index contributed by atoms with van der Waals surface area (Å²) in [4.78, 5) is 26.0. The van der Waals surface area contributed by atoms with Gasteiger partial charge in [-0.15, -0.1) is 0 Å². The van der Waals surface area contributed by atoms with Crippen molar-refractivity contribution in [1.82, 2.24) is 19.2 Å². The highest BCUT2D eigenvalue weighted by atomic mass is 32.2.